The predicted molar refractivity (Wildman–Crippen MR) is 79.4 cm³/mol. The topological polar surface area (TPSA) is 59.0 Å². The third-order valence-electron chi connectivity index (χ3n) is 2.82. The van der Waals surface area contributed by atoms with E-state index in [1.807, 2.05) is 10.0 Å². The van der Waals surface area contributed by atoms with E-state index in [2.05, 4.69) is 22.2 Å². The zero-order valence-electron chi connectivity index (χ0n) is 10.7. The van der Waals surface area contributed by atoms with Crippen LogP contribution in [0, 0.1) is 11.8 Å². The van der Waals surface area contributed by atoms with Crippen molar-refractivity contribution in [2.75, 3.05) is 25.4 Å². The zero-order chi connectivity index (χ0) is 13.5. The van der Waals surface area contributed by atoms with Gasteiger partial charge >= 0.3 is 0 Å². The summed E-state index contributed by atoms with van der Waals surface area (Å²) in [5.74, 6) is 6.49. The summed E-state index contributed by atoms with van der Waals surface area (Å²) in [5.41, 5.74) is 3.19. The van der Waals surface area contributed by atoms with Crippen LogP contribution < -0.4 is 5.43 Å². The third kappa shape index (κ3) is 4.82. The van der Waals surface area contributed by atoms with Gasteiger partial charge in [-0.1, -0.05) is 11.8 Å². The van der Waals surface area contributed by atoms with Crippen molar-refractivity contribution in [3.63, 3.8) is 0 Å². The molecular weight excluding hydrogens is 282 g/mol. The summed E-state index contributed by atoms with van der Waals surface area (Å²) < 4.78 is 1.99. The van der Waals surface area contributed by atoms with Gasteiger partial charge in [0.2, 0.25) is 0 Å². The molecule has 0 aromatic heterocycles. The van der Waals surface area contributed by atoms with E-state index >= 15 is 0 Å². The normalized spacial score (nSPS) is 20.7. The number of likely N-dealkylation sites (tertiary alicyclic amines) is 1. The molecule has 1 fully saturated rings. The highest BCUT2D eigenvalue weighted by Crippen LogP contribution is 2.34. The minimum atomic E-state index is -0.722. The molecule has 2 heterocycles. The minimum Gasteiger partial charge on any atom is -0.394 e. The van der Waals surface area contributed by atoms with E-state index in [1.165, 1.54) is 17.9 Å². The average Bonchev–Trinajstić information content (AvgIpc) is 3.08. The van der Waals surface area contributed by atoms with Gasteiger partial charge in [0.25, 0.3) is 0 Å². The van der Waals surface area contributed by atoms with Crippen molar-refractivity contribution in [3.8, 4) is 11.8 Å². The van der Waals surface area contributed by atoms with E-state index in [0.717, 1.165) is 13.1 Å². The molecule has 0 saturated carbocycles. The molecule has 5 nitrogen and oxygen atoms in total. The molecule has 1 unspecified atom stereocenters. The molecule has 19 heavy (non-hydrogen) atoms. The van der Waals surface area contributed by atoms with Crippen LogP contribution in [-0.2, 0) is 0 Å². The van der Waals surface area contributed by atoms with Crippen LogP contribution >= 0.6 is 23.9 Å². The first-order chi connectivity index (χ1) is 9.29. The van der Waals surface area contributed by atoms with Crippen LogP contribution in [-0.4, -0.2) is 50.5 Å². The first-order valence-electron chi connectivity index (χ1n) is 6.36. The monoisotopic (exact) mass is 301 g/mol. The average molecular weight is 301 g/mol. The number of hydrogen-bond acceptors (Lipinski definition) is 7. The number of nitrogens with zero attached hydrogens (tertiary/aromatic N) is 2. The number of aliphatic hydroxyl groups excluding tert-OH is 2. The van der Waals surface area contributed by atoms with E-state index < -0.39 is 6.10 Å². The molecule has 1 atom stereocenters. The highest BCUT2D eigenvalue weighted by atomic mass is 32.2. The fourth-order valence-electron chi connectivity index (χ4n) is 1.79. The van der Waals surface area contributed by atoms with Crippen molar-refractivity contribution in [1.82, 2.24) is 14.1 Å². The molecule has 3 N–H and O–H groups in total. The number of aliphatic hydroxyl groups is 2. The lowest BCUT2D eigenvalue weighted by Crippen LogP contribution is -2.16. The standard InChI is InChI=1S/C12H19N3O2S2/c16-10-11(17)5-1-4-8-18-15-13-9-12(19-15)14-6-2-3-7-14/h9,11,13,16-17H,2-3,5-8,10H2. The molecule has 0 amide bonds. The second-order valence-electron chi connectivity index (χ2n) is 4.32. The van der Waals surface area contributed by atoms with E-state index in [1.54, 1.807) is 23.9 Å². The van der Waals surface area contributed by atoms with Gasteiger partial charge in [-0.05, 0) is 24.8 Å². The summed E-state index contributed by atoms with van der Waals surface area (Å²) in [6.45, 7) is 2.07. The van der Waals surface area contributed by atoms with E-state index in [-0.39, 0.29) is 6.61 Å². The molecule has 0 aromatic carbocycles. The van der Waals surface area contributed by atoms with Gasteiger partial charge in [-0.25, -0.2) is 0 Å². The van der Waals surface area contributed by atoms with Gasteiger partial charge in [0.15, 0.2) is 0 Å². The van der Waals surface area contributed by atoms with Crippen molar-refractivity contribution >= 4 is 23.9 Å². The van der Waals surface area contributed by atoms with Gasteiger partial charge in [0, 0.05) is 37.7 Å². The summed E-state index contributed by atoms with van der Waals surface area (Å²) in [7, 11) is 0. The van der Waals surface area contributed by atoms with Crippen LogP contribution in [0.4, 0.5) is 0 Å². The SMILES string of the molecule is OCC(O)CC#CCSN1NC=C(N2CCCC2)S1. The van der Waals surface area contributed by atoms with Crippen LogP contribution in [0.15, 0.2) is 11.2 Å². The van der Waals surface area contributed by atoms with Gasteiger partial charge < -0.3 is 20.5 Å². The Hall–Kier alpha value is -0.520. The minimum absolute atomic E-state index is 0.228. The van der Waals surface area contributed by atoms with Crippen molar-refractivity contribution < 1.29 is 10.2 Å². The fraction of sp³-hybridized carbons (Fsp3) is 0.667. The molecule has 0 spiro atoms. The summed E-state index contributed by atoms with van der Waals surface area (Å²) in [6.07, 6.45) is 4.20. The van der Waals surface area contributed by atoms with Crippen molar-refractivity contribution in [1.29, 1.82) is 0 Å². The lowest BCUT2D eigenvalue weighted by Gasteiger charge is -2.18. The van der Waals surface area contributed by atoms with Gasteiger partial charge in [-0.15, -0.1) is 3.82 Å². The number of hydrazine groups is 1. The van der Waals surface area contributed by atoms with Crippen molar-refractivity contribution in [2.45, 2.75) is 25.4 Å². The highest BCUT2D eigenvalue weighted by Gasteiger charge is 2.22. The molecule has 1 saturated heterocycles. The summed E-state index contributed by atoms with van der Waals surface area (Å²) in [5, 5.41) is 19.0. The first kappa shape index (κ1) is 14.9. The molecule has 0 aromatic rings. The van der Waals surface area contributed by atoms with Crippen LogP contribution in [0.2, 0.25) is 0 Å². The van der Waals surface area contributed by atoms with Crippen molar-refractivity contribution in [2.24, 2.45) is 0 Å². The molecule has 106 valence electrons. The maximum atomic E-state index is 9.12. The van der Waals surface area contributed by atoms with Crippen LogP contribution in [0.5, 0.6) is 0 Å². The summed E-state index contributed by atoms with van der Waals surface area (Å²) >= 11 is 3.29. The van der Waals surface area contributed by atoms with E-state index in [4.69, 9.17) is 10.2 Å². The largest absolute Gasteiger partial charge is 0.394 e. The zero-order valence-corrected chi connectivity index (χ0v) is 12.3. The Morgan fingerprint density at radius 2 is 2.21 bits per heavy atom. The van der Waals surface area contributed by atoms with E-state index in [9.17, 15) is 0 Å². The molecule has 2 aliphatic rings. The second kappa shape index (κ2) is 7.92. The van der Waals surface area contributed by atoms with Gasteiger partial charge in [0.05, 0.1) is 18.5 Å². The Balaban J connectivity index is 1.61. The molecule has 0 aliphatic carbocycles. The Bertz CT molecular complexity index is 375. The molecule has 0 radical (unpaired) electrons. The maximum Gasteiger partial charge on any atom is 0.106 e. The van der Waals surface area contributed by atoms with Crippen LogP contribution in [0.25, 0.3) is 0 Å². The van der Waals surface area contributed by atoms with Crippen LogP contribution in [0.3, 0.4) is 0 Å². The Morgan fingerprint density at radius 3 is 2.95 bits per heavy atom. The Morgan fingerprint density at radius 1 is 1.42 bits per heavy atom. The lowest BCUT2D eigenvalue weighted by atomic mass is 10.3. The number of hydrogen-bond donors (Lipinski definition) is 3. The molecule has 2 rings (SSSR count). The first-order valence-corrected chi connectivity index (χ1v) is 8.08. The summed E-state index contributed by atoms with van der Waals surface area (Å²) in [6, 6.07) is 0. The Kier molecular flexibility index (Phi) is 6.20. The summed E-state index contributed by atoms with van der Waals surface area (Å²) in [4.78, 5) is 2.39. The fourth-order valence-corrected chi connectivity index (χ4v) is 3.48. The van der Waals surface area contributed by atoms with Crippen molar-refractivity contribution in [3.05, 3.63) is 11.2 Å². The quantitative estimate of drug-likeness (QED) is 0.511. The third-order valence-corrected chi connectivity index (χ3v) is 4.80. The van der Waals surface area contributed by atoms with Gasteiger partial charge in [-0.2, -0.15) is 0 Å². The molecule has 0 bridgehead atoms. The lowest BCUT2D eigenvalue weighted by molar-refractivity contribution is 0.0992. The number of rotatable bonds is 5. The molecule has 2 aliphatic heterocycles. The highest BCUT2D eigenvalue weighted by molar-refractivity contribution is 8.14. The van der Waals surface area contributed by atoms with Gasteiger partial charge in [-0.3, -0.25) is 0 Å². The smallest absolute Gasteiger partial charge is 0.106 e. The predicted octanol–water partition coefficient (Wildman–Crippen LogP) is 0.744. The maximum absolute atomic E-state index is 9.12. The second-order valence-corrected chi connectivity index (χ2v) is 6.43. The molecular formula is C12H19N3O2S2. The van der Waals surface area contributed by atoms with Gasteiger partial charge in [0.1, 0.15) is 5.03 Å². The Labute approximate surface area is 122 Å². The van der Waals surface area contributed by atoms with E-state index in [0.29, 0.717) is 12.2 Å². The molecule has 7 heteroatoms. The number of nitrogens with one attached hydrogen (secondary N) is 1. The van der Waals surface area contributed by atoms with Crippen LogP contribution in [0.1, 0.15) is 19.3 Å².